The molecule has 1 aromatic heterocycles. The molecule has 4 rings (SSSR count). The maximum absolute atomic E-state index is 13.7. The molecule has 0 N–H and O–H groups in total. The maximum Gasteiger partial charge on any atom is 0.453 e. The Balaban J connectivity index is 1.47. The van der Waals surface area contributed by atoms with Crippen molar-refractivity contribution in [3.8, 4) is 0 Å². The van der Waals surface area contributed by atoms with E-state index < -0.39 is 12.0 Å². The number of benzene rings is 2. The highest BCUT2D eigenvalue weighted by Crippen LogP contribution is 2.28. The second-order valence-electron chi connectivity index (χ2n) is 8.52. The minimum Gasteiger partial charge on any atom is -0.297 e. The van der Waals surface area contributed by atoms with Gasteiger partial charge in [0.15, 0.2) is 0 Å². The van der Waals surface area contributed by atoms with Crippen LogP contribution < -0.4 is 0 Å². The molecule has 3 aromatic rings. The van der Waals surface area contributed by atoms with E-state index in [0.717, 1.165) is 30.8 Å². The molecule has 180 valence electrons. The lowest BCUT2D eigenvalue weighted by molar-refractivity contribution is -0.147. The summed E-state index contributed by atoms with van der Waals surface area (Å²) in [6.45, 7) is 8.03. The number of hydrogen-bond acceptors (Lipinski definition) is 5. The number of nitrogens with zero attached hydrogens (tertiary/aromatic N) is 6. The molecule has 1 aliphatic rings. The Morgan fingerprint density at radius 2 is 1.65 bits per heavy atom. The van der Waals surface area contributed by atoms with E-state index in [-0.39, 0.29) is 11.4 Å². The van der Waals surface area contributed by atoms with Crippen molar-refractivity contribution in [3.05, 3.63) is 81.4 Å². The zero-order valence-electron chi connectivity index (χ0n) is 19.2. The number of aryl methyl sites for hydroxylation is 2. The van der Waals surface area contributed by atoms with Crippen LogP contribution in [0.25, 0.3) is 0 Å². The highest BCUT2D eigenvalue weighted by molar-refractivity contribution is 7.71. The fourth-order valence-electron chi connectivity index (χ4n) is 3.86. The molecular weight excluding hydrogens is 461 g/mol. The van der Waals surface area contributed by atoms with E-state index in [1.165, 1.54) is 16.5 Å². The van der Waals surface area contributed by atoms with Crippen molar-refractivity contribution in [1.29, 1.82) is 0 Å². The van der Waals surface area contributed by atoms with Crippen LogP contribution in [-0.2, 0) is 19.4 Å². The molecule has 10 heteroatoms. The second-order valence-corrected chi connectivity index (χ2v) is 8.89. The number of aromatic nitrogens is 3. The number of piperazine rings is 1. The van der Waals surface area contributed by atoms with Gasteiger partial charge < -0.3 is 0 Å². The van der Waals surface area contributed by atoms with Crippen molar-refractivity contribution in [2.24, 2.45) is 5.10 Å². The Kier molecular flexibility index (Phi) is 7.30. The van der Waals surface area contributed by atoms with E-state index in [4.69, 9.17) is 12.2 Å². The van der Waals surface area contributed by atoms with Crippen molar-refractivity contribution in [3.63, 3.8) is 0 Å². The molecule has 0 radical (unpaired) electrons. The molecule has 2 aromatic carbocycles. The van der Waals surface area contributed by atoms with Crippen LogP contribution in [0.5, 0.6) is 0 Å². The largest absolute Gasteiger partial charge is 0.453 e. The molecule has 2 heterocycles. The zero-order valence-corrected chi connectivity index (χ0v) is 20.0. The highest BCUT2D eigenvalue weighted by Gasteiger charge is 2.39. The molecule has 0 aliphatic carbocycles. The van der Waals surface area contributed by atoms with Gasteiger partial charge in [-0.1, -0.05) is 48.5 Å². The van der Waals surface area contributed by atoms with E-state index in [1.54, 1.807) is 0 Å². The fraction of sp³-hybridized carbons (Fsp3) is 0.375. The van der Waals surface area contributed by atoms with Crippen LogP contribution in [-0.4, -0.2) is 56.7 Å². The predicted octanol–water partition coefficient (Wildman–Crippen LogP) is 4.71. The van der Waals surface area contributed by atoms with Crippen LogP contribution in [0.4, 0.5) is 13.2 Å². The monoisotopic (exact) mass is 488 g/mol. The number of hydrogen-bond donors (Lipinski definition) is 0. The minimum atomic E-state index is -4.67. The molecule has 0 bridgehead atoms. The molecular formula is C24H27F3N6S. The number of halogens is 3. The van der Waals surface area contributed by atoms with Crippen LogP contribution >= 0.6 is 12.2 Å². The summed E-state index contributed by atoms with van der Waals surface area (Å²) < 4.78 is 42.9. The molecule has 34 heavy (non-hydrogen) atoms. The van der Waals surface area contributed by atoms with Crippen LogP contribution in [0, 0.1) is 18.6 Å². The summed E-state index contributed by atoms with van der Waals surface area (Å²) in [6, 6.07) is 15.8. The van der Waals surface area contributed by atoms with Gasteiger partial charge in [-0.3, -0.25) is 9.80 Å². The van der Waals surface area contributed by atoms with Crippen LogP contribution in [0.3, 0.4) is 0 Å². The van der Waals surface area contributed by atoms with Crippen molar-refractivity contribution in [2.45, 2.75) is 33.2 Å². The summed E-state index contributed by atoms with van der Waals surface area (Å²) in [5.41, 5.74) is 4.07. The van der Waals surface area contributed by atoms with Gasteiger partial charge in [-0.2, -0.15) is 22.9 Å². The highest BCUT2D eigenvalue weighted by atomic mass is 32.1. The lowest BCUT2D eigenvalue weighted by Gasteiger charge is -2.34. The molecule has 0 spiro atoms. The molecule has 0 saturated carbocycles. The quantitative estimate of drug-likeness (QED) is 0.372. The Morgan fingerprint density at radius 3 is 2.29 bits per heavy atom. The first-order valence-electron chi connectivity index (χ1n) is 11.1. The van der Waals surface area contributed by atoms with Gasteiger partial charge in [0.2, 0.25) is 4.77 Å². The lowest BCUT2D eigenvalue weighted by atomic mass is 10.1. The molecule has 6 nitrogen and oxygen atoms in total. The summed E-state index contributed by atoms with van der Waals surface area (Å²) in [5, 5.41) is 7.83. The third kappa shape index (κ3) is 5.81. The average molecular weight is 489 g/mol. The van der Waals surface area contributed by atoms with Gasteiger partial charge in [-0.25, -0.2) is 4.68 Å². The van der Waals surface area contributed by atoms with Gasteiger partial charge in [0.05, 0.1) is 12.9 Å². The van der Waals surface area contributed by atoms with Gasteiger partial charge in [0.1, 0.15) is 0 Å². The SMILES string of the molecule is Cc1ccc(/C=N/n2c(C(F)(F)F)nn(CN3CCN(Cc4ccccc4)CC3)c2=S)cc1C. The Morgan fingerprint density at radius 1 is 0.971 bits per heavy atom. The lowest BCUT2D eigenvalue weighted by Crippen LogP contribution is -2.46. The average Bonchev–Trinajstić information content (AvgIpc) is 3.12. The van der Waals surface area contributed by atoms with E-state index in [2.05, 4.69) is 32.1 Å². The van der Waals surface area contributed by atoms with Crippen molar-refractivity contribution in [1.82, 2.24) is 24.3 Å². The first kappa shape index (κ1) is 24.3. The maximum atomic E-state index is 13.7. The van der Waals surface area contributed by atoms with E-state index in [0.29, 0.717) is 23.3 Å². The van der Waals surface area contributed by atoms with Crippen LogP contribution in [0.2, 0.25) is 0 Å². The molecule has 1 aliphatic heterocycles. The third-order valence-corrected chi connectivity index (χ3v) is 6.36. The van der Waals surface area contributed by atoms with Crippen LogP contribution in [0.15, 0.2) is 53.6 Å². The van der Waals surface area contributed by atoms with Gasteiger partial charge in [-0.05, 0) is 48.3 Å². The molecule has 0 amide bonds. The van der Waals surface area contributed by atoms with Crippen molar-refractivity contribution < 1.29 is 13.2 Å². The molecule has 0 atom stereocenters. The summed E-state index contributed by atoms with van der Waals surface area (Å²) in [5.74, 6) is -1.12. The minimum absolute atomic E-state index is 0.0841. The first-order valence-corrected chi connectivity index (χ1v) is 11.5. The van der Waals surface area contributed by atoms with E-state index in [1.807, 2.05) is 50.2 Å². The molecule has 1 saturated heterocycles. The summed E-state index contributed by atoms with van der Waals surface area (Å²) in [4.78, 5) is 4.39. The number of rotatable bonds is 6. The van der Waals surface area contributed by atoms with Crippen molar-refractivity contribution >= 4 is 18.4 Å². The Bertz CT molecular complexity index is 1210. The van der Waals surface area contributed by atoms with Crippen molar-refractivity contribution in [2.75, 3.05) is 26.2 Å². The Hall–Kier alpha value is -2.82. The predicted molar refractivity (Wildman–Crippen MR) is 128 cm³/mol. The van der Waals surface area contributed by atoms with Gasteiger partial charge >= 0.3 is 6.18 Å². The normalized spacial score (nSPS) is 15.9. The number of alkyl halides is 3. The van der Waals surface area contributed by atoms with E-state index in [9.17, 15) is 13.2 Å². The Labute approximate surface area is 201 Å². The summed E-state index contributed by atoms with van der Waals surface area (Å²) >= 11 is 5.33. The first-order chi connectivity index (χ1) is 16.2. The molecule has 0 unspecified atom stereocenters. The van der Waals surface area contributed by atoms with Gasteiger partial charge in [-0.15, -0.1) is 5.10 Å². The summed E-state index contributed by atoms with van der Waals surface area (Å²) in [6.07, 6.45) is -3.29. The van der Waals surface area contributed by atoms with Gasteiger partial charge in [0, 0.05) is 32.7 Å². The zero-order chi connectivity index (χ0) is 24.3. The second kappa shape index (κ2) is 10.2. The van der Waals surface area contributed by atoms with Crippen LogP contribution in [0.1, 0.15) is 28.1 Å². The smallest absolute Gasteiger partial charge is 0.297 e. The topological polar surface area (TPSA) is 41.6 Å². The summed E-state index contributed by atoms with van der Waals surface area (Å²) in [7, 11) is 0. The fourth-order valence-corrected chi connectivity index (χ4v) is 4.09. The standard InChI is InChI=1S/C24H27F3N6S/c1-18-8-9-21(14-19(18)2)15-28-33-22(24(25,26)27)29-32(23(33)34)17-31-12-10-30(11-13-31)16-20-6-4-3-5-7-20/h3-9,14-15H,10-13,16-17H2,1-2H3/b28-15+. The third-order valence-electron chi connectivity index (χ3n) is 5.97. The van der Waals surface area contributed by atoms with E-state index >= 15 is 0 Å². The molecule has 1 fully saturated rings. The van der Waals surface area contributed by atoms with Gasteiger partial charge in [0.25, 0.3) is 5.82 Å².